The van der Waals surface area contributed by atoms with E-state index in [2.05, 4.69) is 20.9 Å². The van der Waals surface area contributed by atoms with Gasteiger partial charge in [0.1, 0.15) is 4.83 Å². The lowest BCUT2D eigenvalue weighted by Crippen LogP contribution is -2.07. The average Bonchev–Trinajstić information content (AvgIpc) is 2.94. The third-order valence-corrected chi connectivity index (χ3v) is 3.83. The molecule has 1 aromatic carbocycles. The summed E-state index contributed by atoms with van der Waals surface area (Å²) in [6.07, 6.45) is 3.33. The number of hydrogen-bond donors (Lipinski definition) is 0. The molecule has 0 radical (unpaired) electrons. The molecule has 1 aliphatic rings. The Morgan fingerprint density at radius 2 is 1.89 bits per heavy atom. The number of benzene rings is 1. The van der Waals surface area contributed by atoms with E-state index in [0.29, 0.717) is 17.1 Å². The summed E-state index contributed by atoms with van der Waals surface area (Å²) in [4.78, 5) is 15.9. The van der Waals surface area contributed by atoms with Gasteiger partial charge in [-0.25, -0.2) is 0 Å². The molecule has 0 fully saturated rings. The lowest BCUT2D eigenvalue weighted by molar-refractivity contribution is 0.0991. The molecule has 1 atom stereocenters. The summed E-state index contributed by atoms with van der Waals surface area (Å²) in [5.41, 5.74) is 1.46. The van der Waals surface area contributed by atoms with Gasteiger partial charge in [-0.3, -0.25) is 9.78 Å². The zero-order chi connectivity index (χ0) is 13.2. The zero-order valence-electron chi connectivity index (χ0n) is 9.88. The molecule has 0 amide bonds. The fourth-order valence-corrected chi connectivity index (χ4v) is 2.45. The smallest absolute Gasteiger partial charge is 0.231 e. The molecule has 1 aliphatic heterocycles. The number of halogens is 1. The van der Waals surface area contributed by atoms with Crippen molar-refractivity contribution >= 4 is 21.7 Å². The number of alkyl halides is 1. The number of carbonyl (C=O) groups is 1. The maximum absolute atomic E-state index is 12.4. The molecule has 0 N–H and O–H groups in total. The number of hydrogen-bond acceptors (Lipinski definition) is 4. The van der Waals surface area contributed by atoms with Crippen LogP contribution in [0.1, 0.15) is 20.7 Å². The van der Waals surface area contributed by atoms with Crippen molar-refractivity contribution < 1.29 is 14.3 Å². The van der Waals surface area contributed by atoms with Crippen LogP contribution in [0.25, 0.3) is 0 Å². The number of Topliss-reactive ketones (excluding diaryl/α,β-unsaturated/α-hetero) is 1. The lowest BCUT2D eigenvalue weighted by atomic mass is 10.0. The number of aromatic nitrogens is 1. The molecule has 4 nitrogen and oxygen atoms in total. The van der Waals surface area contributed by atoms with Gasteiger partial charge in [0.05, 0.1) is 0 Å². The van der Waals surface area contributed by atoms with Crippen LogP contribution >= 0.6 is 15.9 Å². The number of carbonyl (C=O) groups excluding carboxylic acids is 1. The van der Waals surface area contributed by atoms with E-state index in [1.807, 2.05) is 12.1 Å². The Bertz CT molecular complexity index is 615. The zero-order valence-corrected chi connectivity index (χ0v) is 11.5. The van der Waals surface area contributed by atoms with E-state index in [1.54, 1.807) is 30.6 Å². The first-order valence-electron chi connectivity index (χ1n) is 5.73. The molecule has 5 heteroatoms. The van der Waals surface area contributed by atoms with Gasteiger partial charge in [0.25, 0.3) is 0 Å². The molecule has 0 aliphatic carbocycles. The fourth-order valence-electron chi connectivity index (χ4n) is 1.88. The second-order valence-corrected chi connectivity index (χ2v) is 4.99. The van der Waals surface area contributed by atoms with Gasteiger partial charge in [0.2, 0.25) is 6.79 Å². The van der Waals surface area contributed by atoms with Crippen LogP contribution in [0, 0.1) is 0 Å². The SMILES string of the molecule is O=C(c1ccc2c(c1)OCO2)C(Br)c1ccncc1. The molecule has 19 heavy (non-hydrogen) atoms. The fraction of sp³-hybridized carbons (Fsp3) is 0.143. The standard InChI is InChI=1S/C14H10BrNO3/c15-13(9-3-5-16-6-4-9)14(17)10-1-2-11-12(7-10)19-8-18-11/h1-7,13H,8H2. The van der Waals surface area contributed by atoms with Crippen molar-refractivity contribution in [2.45, 2.75) is 4.83 Å². The summed E-state index contributed by atoms with van der Waals surface area (Å²) < 4.78 is 10.5. The van der Waals surface area contributed by atoms with Crippen molar-refractivity contribution in [3.8, 4) is 11.5 Å². The highest BCUT2D eigenvalue weighted by molar-refractivity contribution is 9.09. The second kappa shape index (κ2) is 5.01. The normalized spacial score (nSPS) is 14.2. The molecule has 1 aromatic heterocycles. The Balaban J connectivity index is 1.88. The third kappa shape index (κ3) is 2.33. The van der Waals surface area contributed by atoms with Crippen molar-refractivity contribution in [1.29, 1.82) is 0 Å². The summed E-state index contributed by atoms with van der Waals surface area (Å²) in [5.74, 6) is 1.26. The van der Waals surface area contributed by atoms with Crippen molar-refractivity contribution in [1.82, 2.24) is 4.98 Å². The molecule has 2 aromatic rings. The molecule has 2 heterocycles. The monoisotopic (exact) mass is 319 g/mol. The van der Waals surface area contributed by atoms with Gasteiger partial charge in [-0.05, 0) is 35.9 Å². The molecule has 0 spiro atoms. The minimum Gasteiger partial charge on any atom is -0.454 e. The first kappa shape index (κ1) is 12.2. The Kier molecular flexibility index (Phi) is 3.21. The van der Waals surface area contributed by atoms with Crippen molar-refractivity contribution in [3.05, 3.63) is 53.9 Å². The minimum atomic E-state index is -0.393. The van der Waals surface area contributed by atoms with Crippen LogP contribution in [0.5, 0.6) is 11.5 Å². The van der Waals surface area contributed by atoms with E-state index in [1.165, 1.54) is 0 Å². The van der Waals surface area contributed by atoms with Crippen molar-refractivity contribution in [2.24, 2.45) is 0 Å². The summed E-state index contributed by atoms with van der Waals surface area (Å²) in [6, 6.07) is 8.82. The largest absolute Gasteiger partial charge is 0.454 e. The van der Waals surface area contributed by atoms with Crippen LogP contribution in [-0.4, -0.2) is 17.6 Å². The van der Waals surface area contributed by atoms with Crippen LogP contribution in [0.15, 0.2) is 42.7 Å². The van der Waals surface area contributed by atoms with E-state index in [-0.39, 0.29) is 12.6 Å². The Morgan fingerprint density at radius 1 is 1.16 bits per heavy atom. The Labute approximate surface area is 118 Å². The molecule has 96 valence electrons. The molecule has 0 bridgehead atoms. The Morgan fingerprint density at radius 3 is 2.68 bits per heavy atom. The van der Waals surface area contributed by atoms with Crippen LogP contribution in [-0.2, 0) is 0 Å². The quantitative estimate of drug-likeness (QED) is 0.644. The number of nitrogens with zero attached hydrogens (tertiary/aromatic N) is 1. The van der Waals surface area contributed by atoms with E-state index in [4.69, 9.17) is 9.47 Å². The van der Waals surface area contributed by atoms with Gasteiger partial charge in [-0.1, -0.05) is 15.9 Å². The number of pyridine rings is 1. The highest BCUT2D eigenvalue weighted by atomic mass is 79.9. The molecule has 0 saturated heterocycles. The predicted molar refractivity (Wildman–Crippen MR) is 72.8 cm³/mol. The minimum absolute atomic E-state index is 0.0236. The van der Waals surface area contributed by atoms with E-state index < -0.39 is 4.83 Å². The first-order chi connectivity index (χ1) is 9.25. The maximum Gasteiger partial charge on any atom is 0.231 e. The summed E-state index contributed by atoms with van der Waals surface area (Å²) in [7, 11) is 0. The van der Waals surface area contributed by atoms with Gasteiger partial charge in [0, 0.05) is 18.0 Å². The van der Waals surface area contributed by atoms with E-state index in [0.717, 1.165) is 5.56 Å². The summed E-state index contributed by atoms with van der Waals surface area (Å²) in [6.45, 7) is 0.203. The highest BCUT2D eigenvalue weighted by Gasteiger charge is 2.22. The topological polar surface area (TPSA) is 48.4 Å². The first-order valence-corrected chi connectivity index (χ1v) is 6.65. The number of rotatable bonds is 3. The highest BCUT2D eigenvalue weighted by Crippen LogP contribution is 2.35. The molecule has 0 saturated carbocycles. The van der Waals surface area contributed by atoms with E-state index in [9.17, 15) is 4.79 Å². The van der Waals surface area contributed by atoms with Gasteiger partial charge in [0.15, 0.2) is 17.3 Å². The number of ether oxygens (including phenoxy) is 2. The van der Waals surface area contributed by atoms with Crippen LogP contribution < -0.4 is 9.47 Å². The lowest BCUT2D eigenvalue weighted by Gasteiger charge is -2.09. The number of ketones is 1. The molecule has 3 rings (SSSR count). The summed E-state index contributed by atoms with van der Waals surface area (Å²) in [5, 5.41) is 0. The molecular formula is C14H10BrNO3. The van der Waals surface area contributed by atoms with E-state index >= 15 is 0 Å². The predicted octanol–water partition coefficient (Wildman–Crippen LogP) is 3.13. The average molecular weight is 320 g/mol. The van der Waals surface area contributed by atoms with Gasteiger partial charge >= 0.3 is 0 Å². The van der Waals surface area contributed by atoms with Crippen molar-refractivity contribution in [3.63, 3.8) is 0 Å². The van der Waals surface area contributed by atoms with Crippen molar-refractivity contribution in [2.75, 3.05) is 6.79 Å². The van der Waals surface area contributed by atoms with Crippen LogP contribution in [0.2, 0.25) is 0 Å². The number of fused-ring (bicyclic) bond motifs is 1. The van der Waals surface area contributed by atoms with Gasteiger partial charge in [-0.15, -0.1) is 0 Å². The van der Waals surface area contributed by atoms with Crippen LogP contribution in [0.3, 0.4) is 0 Å². The van der Waals surface area contributed by atoms with Crippen LogP contribution in [0.4, 0.5) is 0 Å². The Hall–Kier alpha value is -1.88. The molecular weight excluding hydrogens is 310 g/mol. The second-order valence-electron chi connectivity index (χ2n) is 4.08. The third-order valence-electron chi connectivity index (χ3n) is 2.89. The maximum atomic E-state index is 12.4. The van der Waals surface area contributed by atoms with Gasteiger partial charge < -0.3 is 9.47 Å². The van der Waals surface area contributed by atoms with Gasteiger partial charge in [-0.2, -0.15) is 0 Å². The summed E-state index contributed by atoms with van der Waals surface area (Å²) >= 11 is 3.42. The molecule has 1 unspecified atom stereocenters.